The predicted molar refractivity (Wildman–Crippen MR) is 102 cm³/mol. The molecule has 0 aliphatic carbocycles. The summed E-state index contributed by atoms with van der Waals surface area (Å²) in [7, 11) is 1.57. The number of carbonyl (C=O) groups excluding carboxylic acids is 1. The van der Waals surface area contributed by atoms with Gasteiger partial charge in [-0.15, -0.1) is 0 Å². The van der Waals surface area contributed by atoms with Gasteiger partial charge in [-0.25, -0.2) is 0 Å². The largest absolute Gasteiger partial charge is 0.496 e. The lowest BCUT2D eigenvalue weighted by Crippen LogP contribution is -2.45. The van der Waals surface area contributed by atoms with Crippen LogP contribution in [-0.4, -0.2) is 43.6 Å². The molecule has 0 radical (unpaired) electrons. The molecule has 1 saturated heterocycles. The molecule has 0 saturated carbocycles. The number of hydrogen-bond donors (Lipinski definition) is 1. The standard InChI is InChI=1S/C17H24ClIN2O2/c1-11(2)10-21-6-4-12(5-7-21)20-17(22)13-8-14(18)15(19)9-16(13)23-3/h8-9,11-12H,4-7,10H2,1-3H3,(H,20,22). The SMILES string of the molecule is COc1cc(I)c(Cl)cc1C(=O)NC1CCN(CC(C)C)CC1. The summed E-state index contributed by atoms with van der Waals surface area (Å²) in [6.45, 7) is 7.67. The smallest absolute Gasteiger partial charge is 0.255 e. The van der Waals surface area contributed by atoms with E-state index in [1.54, 1.807) is 19.2 Å². The van der Waals surface area contributed by atoms with Gasteiger partial charge in [0.1, 0.15) is 5.75 Å². The zero-order valence-electron chi connectivity index (χ0n) is 13.9. The third-order valence-electron chi connectivity index (χ3n) is 4.03. The van der Waals surface area contributed by atoms with Crippen molar-refractivity contribution >= 4 is 40.1 Å². The number of benzene rings is 1. The number of nitrogens with zero attached hydrogens (tertiary/aromatic N) is 1. The zero-order chi connectivity index (χ0) is 17.0. The molecule has 0 spiro atoms. The van der Waals surface area contributed by atoms with Gasteiger partial charge in [0.2, 0.25) is 0 Å². The minimum absolute atomic E-state index is 0.109. The van der Waals surface area contributed by atoms with Gasteiger partial charge in [0.15, 0.2) is 0 Å². The molecule has 1 aliphatic heterocycles. The third kappa shape index (κ3) is 5.22. The van der Waals surface area contributed by atoms with Crippen molar-refractivity contribution in [2.24, 2.45) is 5.92 Å². The molecule has 128 valence electrons. The number of halogens is 2. The molecule has 2 rings (SSSR count). The fourth-order valence-electron chi connectivity index (χ4n) is 2.91. The molecular weight excluding hydrogens is 427 g/mol. The molecule has 1 aromatic carbocycles. The quantitative estimate of drug-likeness (QED) is 0.694. The minimum atomic E-state index is -0.109. The highest BCUT2D eigenvalue weighted by molar-refractivity contribution is 14.1. The van der Waals surface area contributed by atoms with E-state index in [-0.39, 0.29) is 11.9 Å². The summed E-state index contributed by atoms with van der Waals surface area (Å²) in [4.78, 5) is 15.0. The lowest BCUT2D eigenvalue weighted by atomic mass is 10.0. The second-order valence-electron chi connectivity index (χ2n) is 6.41. The van der Waals surface area contributed by atoms with Gasteiger partial charge in [-0.1, -0.05) is 25.4 Å². The molecule has 0 aromatic heterocycles. The summed E-state index contributed by atoms with van der Waals surface area (Å²) in [6.07, 6.45) is 1.97. The van der Waals surface area contributed by atoms with E-state index in [1.165, 1.54) is 0 Å². The first-order chi connectivity index (χ1) is 10.9. The third-order valence-corrected chi connectivity index (χ3v) is 5.56. The van der Waals surface area contributed by atoms with E-state index in [2.05, 4.69) is 46.7 Å². The van der Waals surface area contributed by atoms with Crippen LogP contribution >= 0.6 is 34.2 Å². The highest BCUT2D eigenvalue weighted by Crippen LogP contribution is 2.28. The van der Waals surface area contributed by atoms with Crippen molar-refractivity contribution in [3.63, 3.8) is 0 Å². The van der Waals surface area contributed by atoms with E-state index in [4.69, 9.17) is 16.3 Å². The van der Waals surface area contributed by atoms with Gasteiger partial charge in [0, 0.05) is 29.2 Å². The highest BCUT2D eigenvalue weighted by Gasteiger charge is 2.23. The van der Waals surface area contributed by atoms with Crippen LogP contribution in [0.2, 0.25) is 5.02 Å². The number of methoxy groups -OCH3 is 1. The fourth-order valence-corrected chi connectivity index (χ4v) is 3.52. The second kappa shape index (κ2) is 8.53. The van der Waals surface area contributed by atoms with Crippen molar-refractivity contribution in [1.82, 2.24) is 10.2 Å². The summed E-state index contributed by atoms with van der Waals surface area (Å²) in [5, 5.41) is 3.70. The molecule has 4 nitrogen and oxygen atoms in total. The maximum atomic E-state index is 12.5. The number of rotatable bonds is 5. The van der Waals surface area contributed by atoms with Gasteiger partial charge in [0.05, 0.1) is 17.7 Å². The Morgan fingerprint density at radius 1 is 1.43 bits per heavy atom. The Morgan fingerprint density at radius 2 is 2.09 bits per heavy atom. The lowest BCUT2D eigenvalue weighted by Gasteiger charge is -2.33. The topological polar surface area (TPSA) is 41.6 Å². The van der Waals surface area contributed by atoms with Gasteiger partial charge in [0.25, 0.3) is 5.91 Å². The summed E-state index contributed by atoms with van der Waals surface area (Å²) >= 11 is 8.28. The van der Waals surface area contributed by atoms with Gasteiger partial charge in [-0.05, 0) is 53.5 Å². The monoisotopic (exact) mass is 450 g/mol. The number of ether oxygens (including phenoxy) is 1. The molecule has 0 unspecified atom stereocenters. The number of hydrogen-bond acceptors (Lipinski definition) is 3. The first-order valence-electron chi connectivity index (χ1n) is 7.97. The van der Waals surface area contributed by atoms with Crippen molar-refractivity contribution in [1.29, 1.82) is 0 Å². The first-order valence-corrected chi connectivity index (χ1v) is 9.42. The van der Waals surface area contributed by atoms with Crippen LogP contribution in [0.4, 0.5) is 0 Å². The Kier molecular flexibility index (Phi) is 6.98. The Hall–Kier alpha value is -0.530. The van der Waals surface area contributed by atoms with Crippen molar-refractivity contribution in [2.75, 3.05) is 26.7 Å². The minimum Gasteiger partial charge on any atom is -0.496 e. The van der Waals surface area contributed by atoms with E-state index >= 15 is 0 Å². The molecule has 1 fully saturated rings. The van der Waals surface area contributed by atoms with Crippen LogP contribution in [0, 0.1) is 9.49 Å². The van der Waals surface area contributed by atoms with Crippen LogP contribution in [0.3, 0.4) is 0 Å². The molecule has 1 aliphatic rings. The molecule has 1 N–H and O–H groups in total. The summed E-state index contributed by atoms with van der Waals surface area (Å²) in [6, 6.07) is 3.70. The lowest BCUT2D eigenvalue weighted by molar-refractivity contribution is 0.0904. The highest BCUT2D eigenvalue weighted by atomic mass is 127. The van der Waals surface area contributed by atoms with Gasteiger partial charge in [-0.3, -0.25) is 4.79 Å². The molecule has 6 heteroatoms. The molecular formula is C17H24ClIN2O2. The van der Waals surface area contributed by atoms with E-state index < -0.39 is 0 Å². The van der Waals surface area contributed by atoms with E-state index in [0.717, 1.165) is 36.0 Å². The van der Waals surface area contributed by atoms with Crippen molar-refractivity contribution in [3.8, 4) is 5.75 Å². The van der Waals surface area contributed by atoms with E-state index in [9.17, 15) is 4.79 Å². The Morgan fingerprint density at radius 3 is 2.65 bits per heavy atom. The van der Waals surface area contributed by atoms with Crippen molar-refractivity contribution < 1.29 is 9.53 Å². The maximum absolute atomic E-state index is 12.5. The summed E-state index contributed by atoms with van der Waals surface area (Å²) in [5.74, 6) is 1.13. The maximum Gasteiger partial charge on any atom is 0.255 e. The van der Waals surface area contributed by atoms with Crippen molar-refractivity contribution in [3.05, 3.63) is 26.3 Å². The number of likely N-dealkylation sites (tertiary alicyclic amines) is 1. The molecule has 1 heterocycles. The van der Waals surface area contributed by atoms with Crippen LogP contribution in [0.5, 0.6) is 5.75 Å². The van der Waals surface area contributed by atoms with Gasteiger partial charge >= 0.3 is 0 Å². The number of nitrogens with one attached hydrogen (secondary N) is 1. The van der Waals surface area contributed by atoms with E-state index in [1.807, 2.05) is 0 Å². The fraction of sp³-hybridized carbons (Fsp3) is 0.588. The Bertz CT molecular complexity index is 558. The van der Waals surface area contributed by atoms with Crippen molar-refractivity contribution in [2.45, 2.75) is 32.7 Å². The molecule has 23 heavy (non-hydrogen) atoms. The summed E-state index contributed by atoms with van der Waals surface area (Å²) < 4.78 is 6.19. The van der Waals surface area contributed by atoms with Crippen LogP contribution < -0.4 is 10.1 Å². The molecule has 0 atom stereocenters. The number of carbonyl (C=O) groups is 1. The summed E-state index contributed by atoms with van der Waals surface area (Å²) in [5.41, 5.74) is 0.502. The van der Waals surface area contributed by atoms with Crippen LogP contribution in [0.1, 0.15) is 37.0 Å². The van der Waals surface area contributed by atoms with Crippen LogP contribution in [-0.2, 0) is 0 Å². The average molecular weight is 451 g/mol. The normalized spacial score (nSPS) is 16.6. The molecule has 1 amide bonds. The Labute approximate surface area is 157 Å². The first kappa shape index (κ1) is 18.8. The van der Waals surface area contributed by atoms with Gasteiger partial charge in [-0.2, -0.15) is 0 Å². The number of piperidine rings is 1. The predicted octanol–water partition coefficient (Wildman–Crippen LogP) is 3.80. The van der Waals surface area contributed by atoms with E-state index in [0.29, 0.717) is 22.3 Å². The molecule has 1 aromatic rings. The average Bonchev–Trinajstić information content (AvgIpc) is 2.50. The Balaban J connectivity index is 1.97. The zero-order valence-corrected chi connectivity index (χ0v) is 16.8. The van der Waals surface area contributed by atoms with Gasteiger partial charge < -0.3 is 15.0 Å². The van der Waals surface area contributed by atoms with Crippen LogP contribution in [0.25, 0.3) is 0 Å². The second-order valence-corrected chi connectivity index (χ2v) is 7.98. The van der Waals surface area contributed by atoms with Crippen LogP contribution in [0.15, 0.2) is 12.1 Å². The number of amides is 1. The molecule has 0 bridgehead atoms.